The summed E-state index contributed by atoms with van der Waals surface area (Å²) in [4.78, 5) is 2.51. The minimum Gasteiger partial charge on any atom is -0.310 e. The van der Waals surface area contributed by atoms with Crippen molar-refractivity contribution < 1.29 is 0 Å². The molecule has 1 heterocycles. The lowest BCUT2D eigenvalue weighted by Gasteiger charge is -2.36. The van der Waals surface area contributed by atoms with Crippen molar-refractivity contribution >= 4 is 70.1 Å². The monoisotopic (exact) mass is 955 g/mol. The van der Waals surface area contributed by atoms with Gasteiger partial charge < -0.3 is 4.90 Å². The molecule has 1 aliphatic rings. The SMILES string of the molecule is CC(C)(C)c1ccc(C2(c3ccc(C(C)(C)C)cc3)c3ccccc3-c3ccc(N(c4ccc(-c5ccc6cc(-c7ccc8ccccc8c7)ccc6c5)cc4)c4cccc5sc6ccccc6c45)cc32)cc1. The van der Waals surface area contributed by atoms with E-state index < -0.39 is 5.41 Å². The first-order valence-electron chi connectivity index (χ1n) is 25.7. The Hall–Kier alpha value is -8.04. The molecule has 0 spiro atoms. The van der Waals surface area contributed by atoms with Gasteiger partial charge in [-0.1, -0.05) is 217 Å². The number of hydrogen-bond acceptors (Lipinski definition) is 2. The van der Waals surface area contributed by atoms with Crippen molar-refractivity contribution in [3.8, 4) is 33.4 Å². The molecular weight excluding hydrogens is 899 g/mol. The smallest absolute Gasteiger partial charge is 0.0714 e. The number of hydrogen-bond donors (Lipinski definition) is 0. The molecule has 0 unspecified atom stereocenters. The van der Waals surface area contributed by atoms with Gasteiger partial charge in [-0.05, 0) is 160 Å². The second-order valence-corrected chi connectivity index (χ2v) is 23.2. The van der Waals surface area contributed by atoms with Gasteiger partial charge in [-0.25, -0.2) is 0 Å². The van der Waals surface area contributed by atoms with Gasteiger partial charge in [-0.15, -0.1) is 11.3 Å². The van der Waals surface area contributed by atoms with Gasteiger partial charge in [0, 0.05) is 31.5 Å². The Labute approximate surface area is 433 Å². The van der Waals surface area contributed by atoms with Crippen LogP contribution in [0, 0.1) is 0 Å². The van der Waals surface area contributed by atoms with Gasteiger partial charge in [-0.2, -0.15) is 0 Å². The van der Waals surface area contributed by atoms with Crippen molar-refractivity contribution in [1.29, 1.82) is 0 Å². The Morgan fingerprint density at radius 3 is 1.49 bits per heavy atom. The molecule has 1 nitrogen and oxygen atoms in total. The number of rotatable bonds is 7. The first-order valence-corrected chi connectivity index (χ1v) is 26.5. The predicted octanol–water partition coefficient (Wildman–Crippen LogP) is 20.1. The number of thiophene rings is 1. The molecule has 1 aliphatic carbocycles. The third-order valence-corrected chi connectivity index (χ3v) is 16.8. The highest BCUT2D eigenvalue weighted by atomic mass is 32.1. The van der Waals surface area contributed by atoms with E-state index in [2.05, 4.69) is 283 Å². The molecule has 352 valence electrons. The molecular formula is C71H57NS. The van der Waals surface area contributed by atoms with Crippen LogP contribution >= 0.6 is 11.3 Å². The van der Waals surface area contributed by atoms with Crippen LogP contribution in [0.2, 0.25) is 0 Å². The summed E-state index contributed by atoms with van der Waals surface area (Å²) >= 11 is 1.87. The highest BCUT2D eigenvalue weighted by Gasteiger charge is 2.46. The Balaban J connectivity index is 0.974. The molecule has 0 N–H and O–H groups in total. The summed E-state index contributed by atoms with van der Waals surface area (Å²) in [5.41, 5.74) is 18.1. The van der Waals surface area contributed by atoms with E-state index in [1.165, 1.54) is 114 Å². The van der Waals surface area contributed by atoms with Crippen LogP contribution in [0.1, 0.15) is 74.9 Å². The minimum atomic E-state index is -0.572. The molecule has 12 aromatic rings. The van der Waals surface area contributed by atoms with Gasteiger partial charge >= 0.3 is 0 Å². The van der Waals surface area contributed by atoms with Crippen molar-refractivity contribution in [2.75, 3.05) is 4.90 Å². The molecule has 73 heavy (non-hydrogen) atoms. The molecule has 0 saturated heterocycles. The average molecular weight is 956 g/mol. The van der Waals surface area contributed by atoms with E-state index in [9.17, 15) is 0 Å². The molecule has 0 bridgehead atoms. The topological polar surface area (TPSA) is 3.24 Å². The standard InChI is InChI=1S/C71H57NS/c1-69(2,3)54-30-34-56(35-31-54)71(57-36-32-55(33-37-57)70(4,5)6)63-18-11-9-16-60(63)61-41-40-59(45-64(61)71)72(65-19-13-21-67-68(65)62-17-10-12-20-66(62)73-67)58-38-28-47(29-39-58)49-24-25-52-44-53(27-26-51(52)43-49)50-23-22-46-14-7-8-15-48(46)42-50/h7-45H,1-6H3. The molecule has 0 saturated carbocycles. The van der Waals surface area contributed by atoms with Gasteiger partial charge in [0.15, 0.2) is 0 Å². The number of nitrogens with zero attached hydrogens (tertiary/aromatic N) is 1. The maximum atomic E-state index is 2.52. The van der Waals surface area contributed by atoms with Crippen molar-refractivity contribution in [2.24, 2.45) is 0 Å². The van der Waals surface area contributed by atoms with E-state index in [1.807, 2.05) is 11.3 Å². The van der Waals surface area contributed by atoms with E-state index in [0.717, 1.165) is 11.4 Å². The Bertz CT molecular complexity index is 4030. The van der Waals surface area contributed by atoms with Crippen LogP contribution < -0.4 is 4.90 Å². The average Bonchev–Trinajstić information content (AvgIpc) is 3.94. The summed E-state index contributed by atoms with van der Waals surface area (Å²) in [6.07, 6.45) is 0. The summed E-state index contributed by atoms with van der Waals surface area (Å²) in [5, 5.41) is 7.54. The van der Waals surface area contributed by atoms with Gasteiger partial charge in [0.25, 0.3) is 0 Å². The normalized spacial score (nSPS) is 13.2. The summed E-state index contributed by atoms with van der Waals surface area (Å²) in [6, 6.07) is 89.5. The first kappa shape index (κ1) is 44.9. The van der Waals surface area contributed by atoms with Crippen LogP contribution in [-0.2, 0) is 16.2 Å². The fourth-order valence-electron chi connectivity index (χ4n) is 11.8. The largest absolute Gasteiger partial charge is 0.310 e. The third-order valence-electron chi connectivity index (χ3n) is 15.7. The molecule has 1 aromatic heterocycles. The zero-order valence-corrected chi connectivity index (χ0v) is 43.2. The second kappa shape index (κ2) is 17.0. The van der Waals surface area contributed by atoms with Gasteiger partial charge in [0.05, 0.1) is 11.1 Å². The summed E-state index contributed by atoms with van der Waals surface area (Å²) in [6.45, 7) is 13.8. The molecule has 11 aromatic carbocycles. The number of benzene rings is 11. The Kier molecular flexibility index (Phi) is 10.5. The summed E-state index contributed by atoms with van der Waals surface area (Å²) in [7, 11) is 0. The third kappa shape index (κ3) is 7.50. The van der Waals surface area contributed by atoms with Crippen LogP contribution in [0.5, 0.6) is 0 Å². The quantitative estimate of drug-likeness (QED) is 0.154. The van der Waals surface area contributed by atoms with E-state index >= 15 is 0 Å². The van der Waals surface area contributed by atoms with Gasteiger partial charge in [-0.3, -0.25) is 0 Å². The molecule has 13 rings (SSSR count). The van der Waals surface area contributed by atoms with Crippen LogP contribution in [0.15, 0.2) is 237 Å². The van der Waals surface area contributed by atoms with E-state index in [-0.39, 0.29) is 10.8 Å². The molecule has 0 atom stereocenters. The summed E-state index contributed by atoms with van der Waals surface area (Å²) in [5.74, 6) is 0. The lowest BCUT2D eigenvalue weighted by Crippen LogP contribution is -2.29. The van der Waals surface area contributed by atoms with Crippen molar-refractivity contribution in [1.82, 2.24) is 0 Å². The van der Waals surface area contributed by atoms with Crippen LogP contribution in [0.4, 0.5) is 17.1 Å². The van der Waals surface area contributed by atoms with Crippen molar-refractivity contribution in [3.05, 3.63) is 270 Å². The molecule has 2 heteroatoms. The van der Waals surface area contributed by atoms with Crippen molar-refractivity contribution in [2.45, 2.75) is 57.8 Å². The maximum absolute atomic E-state index is 2.52. The van der Waals surface area contributed by atoms with E-state index in [4.69, 9.17) is 0 Å². The van der Waals surface area contributed by atoms with Crippen molar-refractivity contribution in [3.63, 3.8) is 0 Å². The van der Waals surface area contributed by atoms with Gasteiger partial charge in [0.1, 0.15) is 0 Å². The fraction of sp³-hybridized carbons (Fsp3) is 0.127. The fourth-order valence-corrected chi connectivity index (χ4v) is 12.9. The highest BCUT2D eigenvalue weighted by molar-refractivity contribution is 7.26. The van der Waals surface area contributed by atoms with Gasteiger partial charge in [0.2, 0.25) is 0 Å². The van der Waals surface area contributed by atoms with Crippen LogP contribution in [-0.4, -0.2) is 0 Å². The second-order valence-electron chi connectivity index (χ2n) is 22.1. The number of fused-ring (bicyclic) bond motifs is 8. The minimum absolute atomic E-state index is 0.0267. The predicted molar refractivity (Wildman–Crippen MR) is 315 cm³/mol. The van der Waals surface area contributed by atoms with E-state index in [0.29, 0.717) is 0 Å². The maximum Gasteiger partial charge on any atom is 0.0714 e. The lowest BCUT2D eigenvalue weighted by molar-refractivity contribution is 0.588. The lowest BCUT2D eigenvalue weighted by atomic mass is 9.67. The zero-order chi connectivity index (χ0) is 49.6. The van der Waals surface area contributed by atoms with E-state index in [1.54, 1.807) is 0 Å². The molecule has 0 fully saturated rings. The number of anilines is 3. The van der Waals surface area contributed by atoms with Crippen LogP contribution in [0.3, 0.4) is 0 Å². The highest BCUT2D eigenvalue weighted by Crippen LogP contribution is 2.58. The Morgan fingerprint density at radius 1 is 0.356 bits per heavy atom. The van der Waals surface area contributed by atoms with Crippen LogP contribution in [0.25, 0.3) is 75.1 Å². The zero-order valence-electron chi connectivity index (χ0n) is 42.4. The molecule has 0 amide bonds. The Morgan fingerprint density at radius 2 is 0.849 bits per heavy atom. The molecule has 0 radical (unpaired) electrons. The molecule has 0 aliphatic heterocycles. The summed E-state index contributed by atoms with van der Waals surface area (Å²) < 4.78 is 2.57. The first-order chi connectivity index (χ1) is 35.4.